The second-order valence-electron chi connectivity index (χ2n) is 5.00. The Balaban J connectivity index is 1.95. The monoisotopic (exact) mass is 291 g/mol. The summed E-state index contributed by atoms with van der Waals surface area (Å²) in [5, 5.41) is 11.5. The smallest absolute Gasteiger partial charge is 0.335 e. The van der Waals surface area contributed by atoms with E-state index in [1.807, 2.05) is 0 Å². The van der Waals surface area contributed by atoms with Crippen molar-refractivity contribution in [3.05, 3.63) is 23.9 Å². The van der Waals surface area contributed by atoms with E-state index in [4.69, 9.17) is 5.11 Å². The maximum absolute atomic E-state index is 12.1. The van der Waals surface area contributed by atoms with E-state index < -0.39 is 5.97 Å². The Kier molecular flexibility index (Phi) is 4.52. The minimum absolute atomic E-state index is 0.0182. The second kappa shape index (κ2) is 6.34. The average Bonchev–Trinajstić information content (AvgIpc) is 2.47. The third-order valence-electron chi connectivity index (χ3n) is 3.57. The van der Waals surface area contributed by atoms with Gasteiger partial charge < -0.3 is 15.3 Å². The molecule has 0 saturated carbocycles. The molecule has 21 heavy (non-hydrogen) atoms. The van der Waals surface area contributed by atoms with E-state index in [-0.39, 0.29) is 29.1 Å². The lowest BCUT2D eigenvalue weighted by Crippen LogP contribution is -2.40. The first-order chi connectivity index (χ1) is 9.97. The van der Waals surface area contributed by atoms with Crippen LogP contribution in [0.4, 0.5) is 5.82 Å². The number of hydrogen-bond acceptors (Lipinski definition) is 4. The number of rotatable bonds is 3. The molecule has 1 aliphatic heterocycles. The number of nitrogens with one attached hydrogen (secondary N) is 1. The molecule has 1 saturated heterocycles. The van der Waals surface area contributed by atoms with Gasteiger partial charge in [0, 0.05) is 32.1 Å². The highest BCUT2D eigenvalue weighted by molar-refractivity contribution is 5.94. The molecule has 0 aliphatic carbocycles. The largest absolute Gasteiger partial charge is 0.478 e. The SMILES string of the molecule is CC(=O)N1CCC(C(=O)Nc2cc(C(=O)O)ccn2)CC1. The van der Waals surface area contributed by atoms with E-state index in [9.17, 15) is 14.4 Å². The number of piperidine rings is 1. The number of nitrogens with zero attached hydrogens (tertiary/aromatic N) is 2. The van der Waals surface area contributed by atoms with E-state index >= 15 is 0 Å². The van der Waals surface area contributed by atoms with Crippen molar-refractivity contribution >= 4 is 23.6 Å². The van der Waals surface area contributed by atoms with Crippen LogP contribution in [-0.4, -0.2) is 45.9 Å². The number of aromatic carboxylic acids is 1. The highest BCUT2D eigenvalue weighted by atomic mass is 16.4. The molecule has 0 radical (unpaired) electrons. The van der Waals surface area contributed by atoms with Gasteiger partial charge in [0.25, 0.3) is 0 Å². The van der Waals surface area contributed by atoms with Gasteiger partial charge in [0.2, 0.25) is 11.8 Å². The first-order valence-electron chi connectivity index (χ1n) is 6.73. The van der Waals surface area contributed by atoms with Crippen LogP contribution in [0.5, 0.6) is 0 Å². The summed E-state index contributed by atoms with van der Waals surface area (Å²) in [6.45, 7) is 2.65. The zero-order chi connectivity index (χ0) is 15.4. The number of carbonyl (C=O) groups is 3. The van der Waals surface area contributed by atoms with E-state index in [1.165, 1.54) is 25.3 Å². The van der Waals surface area contributed by atoms with Crippen molar-refractivity contribution in [3.63, 3.8) is 0 Å². The van der Waals surface area contributed by atoms with E-state index in [0.717, 1.165) is 0 Å². The molecule has 2 rings (SSSR count). The van der Waals surface area contributed by atoms with Crippen molar-refractivity contribution in [1.29, 1.82) is 0 Å². The minimum atomic E-state index is -1.07. The molecule has 0 aromatic carbocycles. The molecular weight excluding hydrogens is 274 g/mol. The van der Waals surface area contributed by atoms with Gasteiger partial charge in [-0.2, -0.15) is 0 Å². The maximum atomic E-state index is 12.1. The molecule has 112 valence electrons. The predicted octanol–water partition coefficient (Wildman–Crippen LogP) is 0.977. The normalized spacial score (nSPS) is 15.6. The zero-order valence-corrected chi connectivity index (χ0v) is 11.7. The highest BCUT2D eigenvalue weighted by Crippen LogP contribution is 2.19. The Morgan fingerprint density at radius 2 is 2.00 bits per heavy atom. The van der Waals surface area contributed by atoms with Gasteiger partial charge >= 0.3 is 5.97 Å². The molecule has 0 atom stereocenters. The van der Waals surface area contributed by atoms with E-state index in [1.54, 1.807) is 4.90 Å². The van der Waals surface area contributed by atoms with Crippen LogP contribution in [0.3, 0.4) is 0 Å². The summed E-state index contributed by atoms with van der Waals surface area (Å²) in [5.74, 6) is -1.19. The Bertz CT molecular complexity index is 565. The van der Waals surface area contributed by atoms with Gasteiger partial charge in [0.15, 0.2) is 0 Å². The fourth-order valence-corrected chi connectivity index (χ4v) is 2.32. The molecule has 1 aliphatic rings. The van der Waals surface area contributed by atoms with Crippen LogP contribution >= 0.6 is 0 Å². The van der Waals surface area contributed by atoms with Crippen LogP contribution in [0.2, 0.25) is 0 Å². The number of likely N-dealkylation sites (tertiary alicyclic amines) is 1. The van der Waals surface area contributed by atoms with Crippen molar-refractivity contribution < 1.29 is 19.5 Å². The average molecular weight is 291 g/mol. The van der Waals surface area contributed by atoms with Crippen LogP contribution in [0.25, 0.3) is 0 Å². The molecule has 2 heterocycles. The molecular formula is C14H17N3O4. The summed E-state index contributed by atoms with van der Waals surface area (Å²) in [7, 11) is 0. The summed E-state index contributed by atoms with van der Waals surface area (Å²) in [4.78, 5) is 39.9. The van der Waals surface area contributed by atoms with Crippen LogP contribution in [0.15, 0.2) is 18.3 Å². The number of anilines is 1. The van der Waals surface area contributed by atoms with E-state index in [2.05, 4.69) is 10.3 Å². The topological polar surface area (TPSA) is 99.6 Å². The molecule has 1 aromatic heterocycles. The van der Waals surface area contributed by atoms with Crippen LogP contribution < -0.4 is 5.32 Å². The fourth-order valence-electron chi connectivity index (χ4n) is 2.32. The van der Waals surface area contributed by atoms with Gasteiger partial charge in [-0.25, -0.2) is 9.78 Å². The number of hydrogen-bond donors (Lipinski definition) is 2. The Labute approximate surface area is 122 Å². The van der Waals surface area contributed by atoms with Crippen molar-refractivity contribution in [1.82, 2.24) is 9.88 Å². The van der Waals surface area contributed by atoms with Gasteiger partial charge in [-0.3, -0.25) is 9.59 Å². The molecule has 7 nitrogen and oxygen atoms in total. The first kappa shape index (κ1) is 15.0. The number of aromatic nitrogens is 1. The lowest BCUT2D eigenvalue weighted by atomic mass is 9.96. The molecule has 7 heteroatoms. The number of pyridine rings is 1. The third-order valence-corrected chi connectivity index (χ3v) is 3.57. The Hall–Kier alpha value is -2.44. The van der Waals surface area contributed by atoms with Gasteiger partial charge in [-0.05, 0) is 25.0 Å². The van der Waals surface area contributed by atoms with Crippen LogP contribution in [0, 0.1) is 5.92 Å². The molecule has 0 bridgehead atoms. The fraction of sp³-hybridized carbons (Fsp3) is 0.429. The second-order valence-corrected chi connectivity index (χ2v) is 5.00. The van der Waals surface area contributed by atoms with Crippen LogP contribution in [-0.2, 0) is 9.59 Å². The highest BCUT2D eigenvalue weighted by Gasteiger charge is 2.26. The number of carboxylic acid groups (broad SMARTS) is 1. The molecule has 2 N–H and O–H groups in total. The van der Waals surface area contributed by atoms with Gasteiger partial charge in [0.1, 0.15) is 5.82 Å². The van der Waals surface area contributed by atoms with Crippen molar-refractivity contribution in [2.75, 3.05) is 18.4 Å². The zero-order valence-electron chi connectivity index (χ0n) is 11.7. The van der Waals surface area contributed by atoms with Crippen molar-refractivity contribution in [2.45, 2.75) is 19.8 Å². The number of carbonyl (C=O) groups excluding carboxylic acids is 2. The molecule has 1 fully saturated rings. The summed E-state index contributed by atoms with van der Waals surface area (Å²) in [6.07, 6.45) is 2.55. The Morgan fingerprint density at radius 1 is 1.33 bits per heavy atom. The number of carboxylic acids is 1. The van der Waals surface area contributed by atoms with Gasteiger partial charge in [0.05, 0.1) is 5.56 Å². The summed E-state index contributed by atoms with van der Waals surface area (Å²) >= 11 is 0. The summed E-state index contributed by atoms with van der Waals surface area (Å²) in [6, 6.07) is 2.69. The lowest BCUT2D eigenvalue weighted by Gasteiger charge is -2.30. The van der Waals surface area contributed by atoms with Gasteiger partial charge in [-0.1, -0.05) is 0 Å². The molecule has 0 unspecified atom stereocenters. The Morgan fingerprint density at radius 3 is 2.57 bits per heavy atom. The molecule has 1 aromatic rings. The quantitative estimate of drug-likeness (QED) is 0.864. The first-order valence-corrected chi connectivity index (χ1v) is 6.73. The molecule has 2 amide bonds. The number of amides is 2. The minimum Gasteiger partial charge on any atom is -0.478 e. The maximum Gasteiger partial charge on any atom is 0.335 e. The van der Waals surface area contributed by atoms with Gasteiger partial charge in [-0.15, -0.1) is 0 Å². The molecule has 0 spiro atoms. The van der Waals surface area contributed by atoms with E-state index in [0.29, 0.717) is 25.9 Å². The summed E-state index contributed by atoms with van der Waals surface area (Å²) < 4.78 is 0. The lowest BCUT2D eigenvalue weighted by molar-refractivity contribution is -0.132. The summed E-state index contributed by atoms with van der Waals surface area (Å²) in [5.41, 5.74) is 0.0756. The van der Waals surface area contributed by atoms with Crippen molar-refractivity contribution in [2.24, 2.45) is 5.92 Å². The third kappa shape index (κ3) is 3.77. The van der Waals surface area contributed by atoms with Crippen molar-refractivity contribution in [3.8, 4) is 0 Å². The predicted molar refractivity (Wildman–Crippen MR) is 74.8 cm³/mol. The van der Waals surface area contributed by atoms with Crippen LogP contribution in [0.1, 0.15) is 30.1 Å². The standard InChI is InChI=1S/C14H17N3O4/c1-9(18)17-6-3-10(4-7-17)13(19)16-12-8-11(14(20)21)2-5-15-12/h2,5,8,10H,3-4,6-7H2,1H3,(H,20,21)(H,15,16,19).